The van der Waals surface area contributed by atoms with Gasteiger partial charge in [-0.1, -0.05) is 12.1 Å². The van der Waals surface area contributed by atoms with Gasteiger partial charge in [-0.25, -0.2) is 0 Å². The van der Waals surface area contributed by atoms with E-state index >= 15 is 0 Å². The van der Waals surface area contributed by atoms with Crippen molar-refractivity contribution in [2.75, 3.05) is 31.1 Å². The number of carbonyl (C=O) groups is 1. The lowest BCUT2D eigenvalue weighted by atomic mass is 10.1. The Labute approximate surface area is 129 Å². The van der Waals surface area contributed by atoms with Crippen molar-refractivity contribution in [1.82, 2.24) is 4.90 Å². The minimum atomic E-state index is 0.171. The molecule has 0 atom stereocenters. The van der Waals surface area contributed by atoms with Gasteiger partial charge in [0.25, 0.3) is 5.91 Å². The molecule has 0 radical (unpaired) electrons. The standard InChI is InChI=1S/C17H20N2OS/c1-13-10-14(2)12-15(11-13)18-5-7-19(8-6-18)17(20)16-4-3-9-21-16/h3-4,9-12H,5-8H2,1-2H3. The van der Waals surface area contributed by atoms with E-state index in [2.05, 4.69) is 36.9 Å². The molecule has 4 heteroatoms. The van der Waals surface area contributed by atoms with Crippen molar-refractivity contribution in [3.05, 3.63) is 51.7 Å². The molecule has 1 aromatic heterocycles. The van der Waals surface area contributed by atoms with Crippen molar-refractivity contribution >= 4 is 22.9 Å². The molecule has 1 fully saturated rings. The molecule has 0 bridgehead atoms. The molecule has 1 saturated heterocycles. The fourth-order valence-corrected chi connectivity index (χ4v) is 3.55. The number of amides is 1. The molecule has 0 unspecified atom stereocenters. The van der Waals surface area contributed by atoms with Gasteiger partial charge in [0.05, 0.1) is 4.88 Å². The predicted molar refractivity (Wildman–Crippen MR) is 88.4 cm³/mol. The van der Waals surface area contributed by atoms with Crippen LogP contribution in [-0.4, -0.2) is 37.0 Å². The van der Waals surface area contributed by atoms with Gasteiger partial charge in [-0.15, -0.1) is 11.3 Å². The Morgan fingerprint density at radius 3 is 2.29 bits per heavy atom. The van der Waals surface area contributed by atoms with Crippen LogP contribution in [0.5, 0.6) is 0 Å². The summed E-state index contributed by atoms with van der Waals surface area (Å²) < 4.78 is 0. The third kappa shape index (κ3) is 3.10. The lowest BCUT2D eigenvalue weighted by molar-refractivity contribution is 0.0751. The van der Waals surface area contributed by atoms with Gasteiger partial charge in [0.1, 0.15) is 0 Å². The van der Waals surface area contributed by atoms with Gasteiger partial charge in [-0.2, -0.15) is 0 Å². The minimum absolute atomic E-state index is 0.171. The highest BCUT2D eigenvalue weighted by molar-refractivity contribution is 7.12. The van der Waals surface area contributed by atoms with E-state index in [-0.39, 0.29) is 5.91 Å². The highest BCUT2D eigenvalue weighted by Crippen LogP contribution is 2.21. The van der Waals surface area contributed by atoms with Crippen LogP contribution in [-0.2, 0) is 0 Å². The number of aryl methyl sites for hydroxylation is 2. The lowest BCUT2D eigenvalue weighted by Crippen LogP contribution is -2.48. The molecule has 2 aromatic rings. The van der Waals surface area contributed by atoms with Crippen LogP contribution in [0, 0.1) is 13.8 Å². The Morgan fingerprint density at radius 2 is 1.71 bits per heavy atom. The maximum Gasteiger partial charge on any atom is 0.264 e. The fourth-order valence-electron chi connectivity index (χ4n) is 2.86. The Kier molecular flexibility index (Phi) is 3.97. The van der Waals surface area contributed by atoms with Crippen molar-refractivity contribution < 1.29 is 4.79 Å². The molecule has 0 aliphatic carbocycles. The first kappa shape index (κ1) is 14.1. The summed E-state index contributed by atoms with van der Waals surface area (Å²) in [6.45, 7) is 7.66. The number of benzene rings is 1. The zero-order valence-corrected chi connectivity index (χ0v) is 13.3. The number of anilines is 1. The van der Waals surface area contributed by atoms with Crippen molar-refractivity contribution in [1.29, 1.82) is 0 Å². The summed E-state index contributed by atoms with van der Waals surface area (Å²) in [7, 11) is 0. The first-order chi connectivity index (χ1) is 10.1. The predicted octanol–water partition coefficient (Wildman–Crippen LogP) is 3.33. The average Bonchev–Trinajstić information content (AvgIpc) is 3.00. The van der Waals surface area contributed by atoms with Gasteiger partial charge < -0.3 is 9.80 Å². The molecule has 3 nitrogen and oxygen atoms in total. The molecule has 1 aliphatic heterocycles. The summed E-state index contributed by atoms with van der Waals surface area (Å²) in [6.07, 6.45) is 0. The number of thiophene rings is 1. The molecule has 3 rings (SSSR count). The van der Waals surface area contributed by atoms with E-state index in [4.69, 9.17) is 0 Å². The van der Waals surface area contributed by atoms with Crippen LogP contribution in [0.15, 0.2) is 35.7 Å². The summed E-state index contributed by atoms with van der Waals surface area (Å²) in [6, 6.07) is 10.5. The second kappa shape index (κ2) is 5.90. The second-order valence-corrected chi connectivity index (χ2v) is 6.55. The molecule has 0 saturated carbocycles. The van der Waals surface area contributed by atoms with Gasteiger partial charge in [0.15, 0.2) is 0 Å². The Balaban J connectivity index is 1.66. The van der Waals surface area contributed by atoms with Crippen LogP contribution < -0.4 is 4.90 Å². The molecular weight excluding hydrogens is 280 g/mol. The Morgan fingerprint density at radius 1 is 1.05 bits per heavy atom. The van der Waals surface area contributed by atoms with Gasteiger partial charge in [-0.05, 0) is 48.6 Å². The average molecular weight is 300 g/mol. The summed E-state index contributed by atoms with van der Waals surface area (Å²) in [5, 5.41) is 1.96. The van der Waals surface area contributed by atoms with Crippen molar-refractivity contribution in [2.24, 2.45) is 0 Å². The minimum Gasteiger partial charge on any atom is -0.368 e. The molecule has 1 amide bonds. The van der Waals surface area contributed by atoms with Gasteiger partial charge in [0.2, 0.25) is 0 Å². The van der Waals surface area contributed by atoms with Crippen LogP contribution in [0.2, 0.25) is 0 Å². The van der Waals surface area contributed by atoms with Crippen molar-refractivity contribution in [3.63, 3.8) is 0 Å². The number of carbonyl (C=O) groups excluding carboxylic acids is 1. The monoisotopic (exact) mass is 300 g/mol. The van der Waals surface area contributed by atoms with E-state index in [0.717, 1.165) is 31.1 Å². The largest absolute Gasteiger partial charge is 0.368 e. The van der Waals surface area contributed by atoms with E-state index in [1.54, 1.807) is 0 Å². The summed E-state index contributed by atoms with van der Waals surface area (Å²) in [5.74, 6) is 0.171. The molecule has 1 aliphatic rings. The third-order valence-corrected chi connectivity index (χ3v) is 4.73. The smallest absolute Gasteiger partial charge is 0.264 e. The maximum absolute atomic E-state index is 12.3. The normalized spacial score (nSPS) is 15.3. The number of rotatable bonds is 2. The Hall–Kier alpha value is -1.81. The van der Waals surface area contributed by atoms with E-state index < -0.39 is 0 Å². The lowest BCUT2D eigenvalue weighted by Gasteiger charge is -2.36. The first-order valence-corrected chi connectivity index (χ1v) is 8.17. The third-order valence-electron chi connectivity index (χ3n) is 3.87. The molecular formula is C17H20N2OS. The van der Waals surface area contributed by atoms with E-state index in [9.17, 15) is 4.79 Å². The van der Waals surface area contributed by atoms with Gasteiger partial charge in [-0.3, -0.25) is 4.79 Å². The number of nitrogens with zero attached hydrogens (tertiary/aromatic N) is 2. The van der Waals surface area contributed by atoms with Crippen LogP contribution >= 0.6 is 11.3 Å². The highest BCUT2D eigenvalue weighted by Gasteiger charge is 2.22. The van der Waals surface area contributed by atoms with E-state index in [1.807, 2.05) is 22.4 Å². The molecule has 0 N–H and O–H groups in total. The zero-order valence-electron chi connectivity index (χ0n) is 12.5. The SMILES string of the molecule is Cc1cc(C)cc(N2CCN(C(=O)c3cccs3)CC2)c1. The van der Waals surface area contributed by atoms with Crippen LogP contribution in [0.25, 0.3) is 0 Å². The number of hydrogen-bond acceptors (Lipinski definition) is 3. The fraction of sp³-hybridized carbons (Fsp3) is 0.353. The summed E-state index contributed by atoms with van der Waals surface area (Å²) in [4.78, 5) is 17.5. The van der Waals surface area contributed by atoms with E-state index in [0.29, 0.717) is 0 Å². The van der Waals surface area contributed by atoms with E-state index in [1.165, 1.54) is 28.2 Å². The molecule has 110 valence electrons. The molecule has 1 aromatic carbocycles. The number of hydrogen-bond donors (Lipinski definition) is 0. The topological polar surface area (TPSA) is 23.6 Å². The van der Waals surface area contributed by atoms with Crippen LogP contribution in [0.4, 0.5) is 5.69 Å². The van der Waals surface area contributed by atoms with Crippen LogP contribution in [0.3, 0.4) is 0 Å². The van der Waals surface area contributed by atoms with Gasteiger partial charge in [0, 0.05) is 31.9 Å². The summed E-state index contributed by atoms with van der Waals surface area (Å²) in [5.41, 5.74) is 3.86. The molecule has 21 heavy (non-hydrogen) atoms. The number of piperazine rings is 1. The second-order valence-electron chi connectivity index (χ2n) is 5.60. The molecule has 0 spiro atoms. The van der Waals surface area contributed by atoms with Crippen molar-refractivity contribution in [3.8, 4) is 0 Å². The zero-order chi connectivity index (χ0) is 14.8. The van der Waals surface area contributed by atoms with Crippen LogP contribution in [0.1, 0.15) is 20.8 Å². The Bertz CT molecular complexity index is 608. The quantitative estimate of drug-likeness (QED) is 0.849. The highest BCUT2D eigenvalue weighted by atomic mass is 32.1. The summed E-state index contributed by atoms with van der Waals surface area (Å²) >= 11 is 1.52. The van der Waals surface area contributed by atoms with Gasteiger partial charge >= 0.3 is 0 Å². The molecule has 2 heterocycles. The maximum atomic E-state index is 12.3. The first-order valence-electron chi connectivity index (χ1n) is 7.29. The van der Waals surface area contributed by atoms with Crippen molar-refractivity contribution in [2.45, 2.75) is 13.8 Å².